The van der Waals surface area contributed by atoms with E-state index in [-0.39, 0.29) is 35.1 Å². The van der Waals surface area contributed by atoms with Crippen molar-refractivity contribution in [3.8, 4) is 0 Å². The lowest BCUT2D eigenvalue weighted by Gasteiger charge is -2.31. The van der Waals surface area contributed by atoms with E-state index in [4.69, 9.17) is 0 Å². The van der Waals surface area contributed by atoms with Gasteiger partial charge in [0.05, 0.1) is 6.04 Å². The van der Waals surface area contributed by atoms with Gasteiger partial charge in [-0.15, -0.1) is 11.8 Å². The van der Waals surface area contributed by atoms with Crippen molar-refractivity contribution < 1.29 is 14.4 Å². The summed E-state index contributed by atoms with van der Waals surface area (Å²) in [5, 5.41) is 5.86. The van der Waals surface area contributed by atoms with Crippen molar-refractivity contribution in [2.45, 2.75) is 69.3 Å². The standard InChI is InChI=1S/C27H33N3O3S/c1-16(2)15-21(23(31)28-17(3)18-11-7-6-8-12-18)29-24(32)22-27(4,5)34-26-20-14-10-9-13-19(20)25(33)30(22)26/h6-14,16-17,21-22,26H,15H2,1-5H3,(H,28,31)(H,29,32)/t17?,21-,22+,26?/m0/s1. The lowest BCUT2D eigenvalue weighted by Crippen LogP contribution is -2.57. The van der Waals surface area contributed by atoms with Gasteiger partial charge in [-0.3, -0.25) is 14.4 Å². The molecular formula is C27H33N3O3S. The lowest BCUT2D eigenvalue weighted by atomic mass is 9.98. The van der Waals surface area contributed by atoms with Gasteiger partial charge in [-0.05, 0) is 50.3 Å². The second-order valence-corrected chi connectivity index (χ2v) is 11.8. The quantitative estimate of drug-likeness (QED) is 0.615. The summed E-state index contributed by atoms with van der Waals surface area (Å²) < 4.78 is -0.492. The normalized spacial score (nSPS) is 22.2. The number of rotatable bonds is 7. The van der Waals surface area contributed by atoms with Crippen LogP contribution < -0.4 is 10.6 Å². The van der Waals surface area contributed by atoms with E-state index in [1.807, 2.05) is 89.2 Å². The largest absolute Gasteiger partial charge is 0.348 e. The smallest absolute Gasteiger partial charge is 0.256 e. The minimum Gasteiger partial charge on any atom is -0.348 e. The fourth-order valence-electron chi connectivity index (χ4n) is 4.90. The highest BCUT2D eigenvalue weighted by molar-refractivity contribution is 8.01. The molecule has 2 aromatic carbocycles. The Labute approximate surface area is 205 Å². The molecular weight excluding hydrogens is 446 g/mol. The van der Waals surface area contributed by atoms with E-state index < -0.39 is 16.8 Å². The molecule has 2 aliphatic rings. The van der Waals surface area contributed by atoms with Gasteiger partial charge in [0.2, 0.25) is 11.8 Å². The minimum atomic E-state index is -0.682. The van der Waals surface area contributed by atoms with Crippen LogP contribution in [0.1, 0.15) is 73.9 Å². The molecule has 2 aliphatic heterocycles. The molecule has 0 radical (unpaired) electrons. The molecule has 0 aromatic heterocycles. The maximum atomic E-state index is 13.7. The van der Waals surface area contributed by atoms with E-state index >= 15 is 0 Å². The van der Waals surface area contributed by atoms with Gasteiger partial charge < -0.3 is 15.5 Å². The fraction of sp³-hybridized carbons (Fsp3) is 0.444. The van der Waals surface area contributed by atoms with E-state index in [1.54, 1.807) is 16.7 Å². The molecule has 1 saturated heterocycles. The molecule has 2 unspecified atom stereocenters. The van der Waals surface area contributed by atoms with Crippen LogP contribution in [0.25, 0.3) is 0 Å². The molecule has 34 heavy (non-hydrogen) atoms. The van der Waals surface area contributed by atoms with E-state index in [0.717, 1.165) is 11.1 Å². The molecule has 6 nitrogen and oxygen atoms in total. The Morgan fingerprint density at radius 3 is 2.32 bits per heavy atom. The summed E-state index contributed by atoms with van der Waals surface area (Å²) >= 11 is 1.62. The fourth-order valence-corrected chi connectivity index (χ4v) is 6.49. The maximum Gasteiger partial charge on any atom is 0.256 e. The number of hydrogen-bond acceptors (Lipinski definition) is 4. The first-order valence-electron chi connectivity index (χ1n) is 11.8. The number of hydrogen-bond donors (Lipinski definition) is 2. The summed E-state index contributed by atoms with van der Waals surface area (Å²) in [6, 6.07) is 15.8. The number of carbonyl (C=O) groups excluding carboxylic acids is 3. The summed E-state index contributed by atoms with van der Waals surface area (Å²) in [5.74, 6) is -0.412. The van der Waals surface area contributed by atoms with Crippen LogP contribution in [-0.4, -0.2) is 39.5 Å². The van der Waals surface area contributed by atoms with Crippen LogP contribution in [0.15, 0.2) is 54.6 Å². The van der Waals surface area contributed by atoms with Gasteiger partial charge in [0.1, 0.15) is 17.5 Å². The highest BCUT2D eigenvalue weighted by Gasteiger charge is 2.57. The molecule has 0 bridgehead atoms. The third-order valence-electron chi connectivity index (χ3n) is 6.54. The first-order chi connectivity index (χ1) is 16.1. The summed E-state index contributed by atoms with van der Waals surface area (Å²) in [6.45, 7) is 9.97. The van der Waals surface area contributed by atoms with Crippen molar-refractivity contribution in [3.05, 3.63) is 71.3 Å². The van der Waals surface area contributed by atoms with Crippen LogP contribution in [0.4, 0.5) is 0 Å². The molecule has 7 heteroatoms. The van der Waals surface area contributed by atoms with Gasteiger partial charge in [-0.1, -0.05) is 62.4 Å². The van der Waals surface area contributed by atoms with Gasteiger partial charge in [0, 0.05) is 10.3 Å². The zero-order chi connectivity index (χ0) is 24.6. The Hall–Kier alpha value is -2.80. The lowest BCUT2D eigenvalue weighted by molar-refractivity contribution is -0.132. The van der Waals surface area contributed by atoms with Gasteiger partial charge in [0.25, 0.3) is 5.91 Å². The van der Waals surface area contributed by atoms with E-state index in [0.29, 0.717) is 12.0 Å². The molecule has 180 valence electrons. The summed E-state index contributed by atoms with van der Waals surface area (Å²) in [5.41, 5.74) is 2.61. The van der Waals surface area contributed by atoms with Gasteiger partial charge in [0.15, 0.2) is 0 Å². The monoisotopic (exact) mass is 479 g/mol. The molecule has 0 saturated carbocycles. The zero-order valence-electron chi connectivity index (χ0n) is 20.4. The van der Waals surface area contributed by atoms with Crippen LogP contribution >= 0.6 is 11.8 Å². The van der Waals surface area contributed by atoms with Crippen molar-refractivity contribution in [1.29, 1.82) is 0 Å². The van der Waals surface area contributed by atoms with Crippen LogP contribution in [0.5, 0.6) is 0 Å². The first kappa shape index (κ1) is 24.3. The number of nitrogens with one attached hydrogen (secondary N) is 2. The average Bonchev–Trinajstić information content (AvgIpc) is 3.22. The van der Waals surface area contributed by atoms with Crippen LogP contribution in [0.3, 0.4) is 0 Å². The van der Waals surface area contributed by atoms with Crippen molar-refractivity contribution in [1.82, 2.24) is 15.5 Å². The highest BCUT2D eigenvalue weighted by atomic mass is 32.2. The second-order valence-electron chi connectivity index (χ2n) is 10.1. The maximum absolute atomic E-state index is 13.7. The SMILES string of the molecule is CC(C)C[C@H](NC(=O)[C@H]1N2C(=O)c3ccccc3C2SC1(C)C)C(=O)NC(C)c1ccccc1. The van der Waals surface area contributed by atoms with Crippen molar-refractivity contribution in [3.63, 3.8) is 0 Å². The number of amides is 3. The Morgan fingerprint density at radius 2 is 1.65 bits per heavy atom. The average molecular weight is 480 g/mol. The van der Waals surface area contributed by atoms with Gasteiger partial charge >= 0.3 is 0 Å². The number of fused-ring (bicyclic) bond motifs is 3. The molecule has 4 rings (SSSR count). The van der Waals surface area contributed by atoms with Crippen LogP contribution in [-0.2, 0) is 9.59 Å². The van der Waals surface area contributed by atoms with E-state index in [2.05, 4.69) is 10.6 Å². The number of nitrogens with zero attached hydrogens (tertiary/aromatic N) is 1. The number of benzene rings is 2. The zero-order valence-corrected chi connectivity index (χ0v) is 21.2. The Morgan fingerprint density at radius 1 is 1.00 bits per heavy atom. The second kappa shape index (κ2) is 9.45. The van der Waals surface area contributed by atoms with Gasteiger partial charge in [-0.2, -0.15) is 0 Å². The highest BCUT2D eigenvalue weighted by Crippen LogP contribution is 2.56. The van der Waals surface area contributed by atoms with E-state index in [9.17, 15) is 14.4 Å². The third kappa shape index (κ3) is 4.58. The first-order valence-corrected chi connectivity index (χ1v) is 12.7. The topological polar surface area (TPSA) is 78.5 Å². The number of carbonyl (C=O) groups is 3. The van der Waals surface area contributed by atoms with Crippen molar-refractivity contribution >= 4 is 29.5 Å². The molecule has 4 atom stereocenters. The predicted molar refractivity (Wildman–Crippen MR) is 135 cm³/mol. The van der Waals surface area contributed by atoms with Crippen LogP contribution in [0.2, 0.25) is 0 Å². The third-order valence-corrected chi connectivity index (χ3v) is 8.08. The molecule has 1 fully saturated rings. The molecule has 0 spiro atoms. The Bertz CT molecular complexity index is 1090. The summed E-state index contributed by atoms with van der Waals surface area (Å²) in [4.78, 5) is 41.8. The number of thioether (sulfide) groups is 1. The Balaban J connectivity index is 1.53. The molecule has 0 aliphatic carbocycles. The van der Waals surface area contributed by atoms with E-state index in [1.165, 1.54) is 0 Å². The van der Waals surface area contributed by atoms with Gasteiger partial charge in [-0.25, -0.2) is 0 Å². The predicted octanol–water partition coefficient (Wildman–Crippen LogP) is 4.44. The van der Waals surface area contributed by atoms with Crippen molar-refractivity contribution in [2.75, 3.05) is 0 Å². The summed E-state index contributed by atoms with van der Waals surface area (Å²) in [6.07, 6.45) is 0.511. The van der Waals surface area contributed by atoms with Crippen molar-refractivity contribution in [2.24, 2.45) is 5.92 Å². The molecule has 3 amide bonds. The minimum absolute atomic E-state index is 0.124. The molecule has 2 aromatic rings. The molecule has 2 heterocycles. The van der Waals surface area contributed by atoms with Crippen LogP contribution in [0, 0.1) is 5.92 Å². The summed E-state index contributed by atoms with van der Waals surface area (Å²) in [7, 11) is 0. The Kier molecular flexibility index (Phi) is 6.76. The molecule has 2 N–H and O–H groups in total.